The predicted octanol–water partition coefficient (Wildman–Crippen LogP) is 1.67. The van der Waals surface area contributed by atoms with Crippen molar-refractivity contribution in [3.05, 3.63) is 11.8 Å². The zero-order chi connectivity index (χ0) is 11.8. The van der Waals surface area contributed by atoms with Crippen molar-refractivity contribution in [3.8, 4) is 0 Å². The molecule has 1 aromatic heterocycles. The van der Waals surface area contributed by atoms with Gasteiger partial charge in [0.05, 0.1) is 18.2 Å². The van der Waals surface area contributed by atoms with E-state index in [-0.39, 0.29) is 5.92 Å². The van der Waals surface area contributed by atoms with Crippen LogP contribution in [-0.2, 0) is 11.2 Å². The third kappa shape index (κ3) is 1.79. The van der Waals surface area contributed by atoms with Gasteiger partial charge in [0, 0.05) is 12.1 Å². The number of aliphatic carboxylic acids is 1. The lowest BCUT2D eigenvalue weighted by molar-refractivity contribution is -0.141. The Balaban J connectivity index is 1.84. The average molecular weight is 235 g/mol. The summed E-state index contributed by atoms with van der Waals surface area (Å²) in [6.07, 6.45) is 7.37. The Morgan fingerprint density at radius 2 is 2.24 bits per heavy atom. The number of hydrogen-bond donors (Lipinski definition) is 2. The van der Waals surface area contributed by atoms with Gasteiger partial charge in [0.1, 0.15) is 5.82 Å². The highest BCUT2D eigenvalue weighted by molar-refractivity contribution is 5.72. The fourth-order valence-corrected chi connectivity index (χ4v) is 2.90. The van der Waals surface area contributed by atoms with E-state index in [9.17, 15) is 4.79 Å². The molecule has 0 aromatic carbocycles. The summed E-state index contributed by atoms with van der Waals surface area (Å²) in [5.41, 5.74) is 1.05. The van der Waals surface area contributed by atoms with Crippen molar-refractivity contribution in [2.75, 3.05) is 11.9 Å². The molecule has 0 radical (unpaired) electrons. The largest absolute Gasteiger partial charge is 0.481 e. The van der Waals surface area contributed by atoms with Gasteiger partial charge in [-0.25, -0.2) is 4.68 Å². The lowest BCUT2D eigenvalue weighted by atomic mass is 9.98. The predicted molar refractivity (Wildman–Crippen MR) is 63.1 cm³/mol. The molecule has 1 atom stereocenters. The second kappa shape index (κ2) is 4.05. The Morgan fingerprint density at radius 1 is 1.47 bits per heavy atom. The summed E-state index contributed by atoms with van der Waals surface area (Å²) in [6.45, 7) is 0.515. The van der Waals surface area contributed by atoms with Crippen molar-refractivity contribution >= 4 is 11.8 Å². The highest BCUT2D eigenvalue weighted by Crippen LogP contribution is 2.34. The van der Waals surface area contributed by atoms with Crippen LogP contribution in [0.5, 0.6) is 0 Å². The molecule has 92 valence electrons. The first kappa shape index (κ1) is 10.6. The van der Waals surface area contributed by atoms with Crippen LogP contribution in [-0.4, -0.2) is 27.4 Å². The number of carbonyl (C=O) groups is 1. The first-order chi connectivity index (χ1) is 8.25. The highest BCUT2D eigenvalue weighted by Gasteiger charge is 2.29. The standard InChI is InChI=1S/C12H17N3O2/c16-12(17)9-5-8-7-14-15(11(8)13-6-9)10-3-1-2-4-10/h7,9-10,13H,1-6H2,(H,16,17)/t9-/m0/s1. The molecule has 2 heterocycles. The van der Waals surface area contributed by atoms with Crippen molar-refractivity contribution in [1.82, 2.24) is 9.78 Å². The van der Waals surface area contributed by atoms with E-state index in [4.69, 9.17) is 5.11 Å². The molecular formula is C12H17N3O2. The minimum atomic E-state index is -0.725. The molecule has 3 rings (SSSR count). The quantitative estimate of drug-likeness (QED) is 0.818. The summed E-state index contributed by atoms with van der Waals surface area (Å²) >= 11 is 0. The van der Waals surface area contributed by atoms with Gasteiger partial charge >= 0.3 is 5.97 Å². The van der Waals surface area contributed by atoms with Crippen LogP contribution < -0.4 is 5.32 Å². The number of carboxylic acid groups (broad SMARTS) is 1. The van der Waals surface area contributed by atoms with E-state index < -0.39 is 5.97 Å². The molecule has 5 heteroatoms. The second-order valence-corrected chi connectivity index (χ2v) is 5.02. The third-order valence-electron chi connectivity index (χ3n) is 3.87. The molecule has 1 saturated carbocycles. The minimum Gasteiger partial charge on any atom is -0.481 e. The monoisotopic (exact) mass is 235 g/mol. The van der Waals surface area contributed by atoms with Gasteiger partial charge in [-0.2, -0.15) is 5.10 Å². The van der Waals surface area contributed by atoms with Gasteiger partial charge in [-0.05, 0) is 19.3 Å². The van der Waals surface area contributed by atoms with Crippen molar-refractivity contribution in [2.24, 2.45) is 5.92 Å². The number of aromatic nitrogens is 2. The summed E-state index contributed by atoms with van der Waals surface area (Å²) in [5, 5.41) is 16.7. The van der Waals surface area contributed by atoms with Crippen LogP contribution in [0.4, 0.5) is 5.82 Å². The molecule has 0 amide bonds. The zero-order valence-electron chi connectivity index (χ0n) is 9.72. The van der Waals surface area contributed by atoms with E-state index in [1.807, 2.05) is 6.20 Å². The number of nitrogens with zero attached hydrogens (tertiary/aromatic N) is 2. The molecule has 1 aliphatic heterocycles. The Labute approximate surface area is 99.8 Å². The molecule has 0 spiro atoms. The van der Waals surface area contributed by atoms with Crippen molar-refractivity contribution in [3.63, 3.8) is 0 Å². The van der Waals surface area contributed by atoms with Gasteiger partial charge in [-0.3, -0.25) is 4.79 Å². The number of rotatable bonds is 2. The summed E-state index contributed by atoms with van der Waals surface area (Å²) < 4.78 is 2.07. The van der Waals surface area contributed by atoms with Crippen LogP contribution in [0.3, 0.4) is 0 Å². The first-order valence-electron chi connectivity index (χ1n) is 6.29. The van der Waals surface area contributed by atoms with E-state index in [2.05, 4.69) is 15.1 Å². The molecule has 17 heavy (non-hydrogen) atoms. The summed E-state index contributed by atoms with van der Waals surface area (Å²) in [5.74, 6) is 0.00916. The van der Waals surface area contributed by atoms with Gasteiger partial charge in [0.25, 0.3) is 0 Å². The maximum atomic E-state index is 11.0. The van der Waals surface area contributed by atoms with Crippen LogP contribution in [0.2, 0.25) is 0 Å². The first-order valence-corrected chi connectivity index (χ1v) is 6.29. The van der Waals surface area contributed by atoms with Gasteiger partial charge in [-0.1, -0.05) is 12.8 Å². The number of carboxylic acids is 1. The SMILES string of the molecule is O=C(O)[C@@H]1CNc2c(cnn2C2CCCC2)C1. The molecule has 2 N–H and O–H groups in total. The van der Waals surface area contributed by atoms with Crippen molar-refractivity contribution < 1.29 is 9.90 Å². The van der Waals surface area contributed by atoms with Crippen LogP contribution >= 0.6 is 0 Å². The van der Waals surface area contributed by atoms with E-state index >= 15 is 0 Å². The molecule has 5 nitrogen and oxygen atoms in total. The third-order valence-corrected chi connectivity index (χ3v) is 3.87. The smallest absolute Gasteiger partial charge is 0.308 e. The average Bonchev–Trinajstić information content (AvgIpc) is 2.96. The molecule has 0 saturated heterocycles. The highest BCUT2D eigenvalue weighted by atomic mass is 16.4. The molecule has 1 fully saturated rings. The van der Waals surface area contributed by atoms with Gasteiger partial charge < -0.3 is 10.4 Å². The minimum absolute atomic E-state index is 0.316. The Bertz CT molecular complexity index is 435. The fraction of sp³-hybridized carbons (Fsp3) is 0.667. The van der Waals surface area contributed by atoms with E-state index in [1.165, 1.54) is 25.7 Å². The molecular weight excluding hydrogens is 218 g/mol. The van der Waals surface area contributed by atoms with Crippen LogP contribution in [0.1, 0.15) is 37.3 Å². The van der Waals surface area contributed by atoms with Gasteiger partial charge in [-0.15, -0.1) is 0 Å². The molecule has 1 aromatic rings. The normalized spacial score (nSPS) is 24.4. The Hall–Kier alpha value is -1.52. The summed E-state index contributed by atoms with van der Waals surface area (Å²) in [4.78, 5) is 11.0. The maximum absolute atomic E-state index is 11.0. The van der Waals surface area contributed by atoms with Crippen molar-refractivity contribution in [2.45, 2.75) is 38.1 Å². The molecule has 0 bridgehead atoms. The molecule has 0 unspecified atom stereocenters. The van der Waals surface area contributed by atoms with E-state index in [0.29, 0.717) is 19.0 Å². The second-order valence-electron chi connectivity index (χ2n) is 5.02. The fourth-order valence-electron chi connectivity index (χ4n) is 2.90. The molecule has 2 aliphatic rings. The van der Waals surface area contributed by atoms with Crippen molar-refractivity contribution in [1.29, 1.82) is 0 Å². The lowest BCUT2D eigenvalue weighted by Gasteiger charge is -2.23. The Kier molecular flexibility index (Phi) is 2.53. The molecule has 1 aliphatic carbocycles. The topological polar surface area (TPSA) is 67.2 Å². The van der Waals surface area contributed by atoms with Crippen LogP contribution in [0.25, 0.3) is 0 Å². The number of anilines is 1. The number of hydrogen-bond acceptors (Lipinski definition) is 3. The number of fused-ring (bicyclic) bond motifs is 1. The van der Waals surface area contributed by atoms with Crippen LogP contribution in [0, 0.1) is 5.92 Å². The van der Waals surface area contributed by atoms with Gasteiger partial charge in [0.2, 0.25) is 0 Å². The summed E-state index contributed by atoms with van der Waals surface area (Å²) in [7, 11) is 0. The van der Waals surface area contributed by atoms with Gasteiger partial charge in [0.15, 0.2) is 0 Å². The summed E-state index contributed by atoms with van der Waals surface area (Å²) in [6, 6.07) is 0.507. The Morgan fingerprint density at radius 3 is 2.94 bits per heavy atom. The maximum Gasteiger partial charge on any atom is 0.308 e. The zero-order valence-corrected chi connectivity index (χ0v) is 9.72. The lowest BCUT2D eigenvalue weighted by Crippen LogP contribution is -2.30. The van der Waals surface area contributed by atoms with E-state index in [0.717, 1.165) is 11.4 Å². The number of nitrogens with one attached hydrogen (secondary N) is 1. The van der Waals surface area contributed by atoms with Crippen LogP contribution in [0.15, 0.2) is 6.20 Å². The van der Waals surface area contributed by atoms with E-state index in [1.54, 1.807) is 0 Å².